The molecule has 1 aliphatic carbocycles. The van der Waals surface area contributed by atoms with E-state index in [1.165, 1.54) is 0 Å². The summed E-state index contributed by atoms with van der Waals surface area (Å²) in [6, 6.07) is 5.31. The number of nitrogens with one attached hydrogen (secondary N) is 1. The van der Waals surface area contributed by atoms with Crippen LogP contribution in [-0.4, -0.2) is 43.6 Å². The van der Waals surface area contributed by atoms with Crippen LogP contribution in [0.4, 0.5) is 0 Å². The minimum Gasteiger partial charge on any atom is -0.489 e. The number of rotatable bonds is 7. The van der Waals surface area contributed by atoms with Crippen LogP contribution in [0.2, 0.25) is 10.0 Å². The zero-order valence-electron chi connectivity index (χ0n) is 12.0. The molecule has 0 heterocycles. The van der Waals surface area contributed by atoms with Gasteiger partial charge in [0.1, 0.15) is 18.5 Å². The molecule has 4 nitrogen and oxygen atoms in total. The molecule has 21 heavy (non-hydrogen) atoms. The highest BCUT2D eigenvalue weighted by atomic mass is 35.5. The molecule has 1 aromatic carbocycles. The van der Waals surface area contributed by atoms with Gasteiger partial charge in [-0.3, -0.25) is 0 Å². The van der Waals surface area contributed by atoms with Gasteiger partial charge in [-0.1, -0.05) is 23.2 Å². The first-order valence-corrected chi connectivity index (χ1v) is 7.88. The number of benzene rings is 1. The fraction of sp³-hybridized carbons (Fsp3) is 0.600. The van der Waals surface area contributed by atoms with Crippen LogP contribution in [0.15, 0.2) is 18.2 Å². The van der Waals surface area contributed by atoms with Crippen LogP contribution in [0, 0.1) is 0 Å². The van der Waals surface area contributed by atoms with E-state index in [1.54, 1.807) is 25.3 Å². The van der Waals surface area contributed by atoms with Gasteiger partial charge in [-0.05, 0) is 31.4 Å². The number of methoxy groups -OCH3 is 1. The molecule has 3 atom stereocenters. The SMILES string of the molecule is COC1CCCC1NCC(O)COc1cc(Cl)ccc1Cl. The Morgan fingerprint density at radius 2 is 2.19 bits per heavy atom. The molecule has 0 bridgehead atoms. The average molecular weight is 334 g/mol. The van der Waals surface area contributed by atoms with E-state index in [4.69, 9.17) is 32.7 Å². The molecule has 2 N–H and O–H groups in total. The second-order valence-electron chi connectivity index (χ2n) is 5.26. The standard InChI is InChI=1S/C15H21Cl2NO3/c1-20-14-4-2-3-13(14)18-8-11(19)9-21-15-7-10(16)5-6-12(15)17/h5-7,11,13-14,18-19H,2-4,8-9H2,1H3. The van der Waals surface area contributed by atoms with Gasteiger partial charge < -0.3 is 19.9 Å². The first-order chi connectivity index (χ1) is 10.1. The lowest BCUT2D eigenvalue weighted by Crippen LogP contribution is -2.42. The van der Waals surface area contributed by atoms with Crippen LogP contribution in [-0.2, 0) is 4.74 Å². The first-order valence-electron chi connectivity index (χ1n) is 7.12. The van der Waals surface area contributed by atoms with Gasteiger partial charge in [0, 0.05) is 30.8 Å². The topological polar surface area (TPSA) is 50.7 Å². The first kappa shape index (κ1) is 16.8. The summed E-state index contributed by atoms with van der Waals surface area (Å²) in [5, 5.41) is 14.3. The number of aliphatic hydroxyl groups excluding tert-OH is 1. The molecule has 0 aliphatic heterocycles. The van der Waals surface area contributed by atoms with Crippen molar-refractivity contribution in [1.29, 1.82) is 0 Å². The second-order valence-corrected chi connectivity index (χ2v) is 6.10. The minimum absolute atomic E-state index is 0.164. The van der Waals surface area contributed by atoms with Gasteiger partial charge in [0.25, 0.3) is 0 Å². The molecule has 0 aromatic heterocycles. The largest absolute Gasteiger partial charge is 0.489 e. The fourth-order valence-corrected chi connectivity index (χ4v) is 2.90. The summed E-state index contributed by atoms with van der Waals surface area (Å²) in [6.45, 7) is 0.625. The van der Waals surface area contributed by atoms with E-state index >= 15 is 0 Å². The minimum atomic E-state index is -0.613. The summed E-state index contributed by atoms with van der Waals surface area (Å²) in [7, 11) is 1.73. The van der Waals surface area contributed by atoms with E-state index in [-0.39, 0.29) is 12.7 Å². The van der Waals surface area contributed by atoms with Crippen LogP contribution < -0.4 is 10.1 Å². The Morgan fingerprint density at radius 1 is 1.38 bits per heavy atom. The van der Waals surface area contributed by atoms with Crippen molar-refractivity contribution in [3.05, 3.63) is 28.2 Å². The number of hydrogen-bond acceptors (Lipinski definition) is 4. The molecule has 6 heteroatoms. The maximum Gasteiger partial charge on any atom is 0.139 e. The van der Waals surface area contributed by atoms with Gasteiger partial charge in [-0.15, -0.1) is 0 Å². The maximum absolute atomic E-state index is 9.99. The van der Waals surface area contributed by atoms with E-state index in [1.807, 2.05) is 0 Å². The quantitative estimate of drug-likeness (QED) is 0.805. The van der Waals surface area contributed by atoms with Crippen molar-refractivity contribution >= 4 is 23.2 Å². The average Bonchev–Trinajstić information content (AvgIpc) is 2.93. The van der Waals surface area contributed by atoms with Gasteiger partial charge in [0.15, 0.2) is 0 Å². The summed E-state index contributed by atoms with van der Waals surface area (Å²) in [6.07, 6.45) is 2.92. The summed E-state index contributed by atoms with van der Waals surface area (Å²) in [5.41, 5.74) is 0. The second kappa shape index (κ2) is 8.20. The Bertz CT molecular complexity index is 459. The van der Waals surface area contributed by atoms with Crippen molar-refractivity contribution < 1.29 is 14.6 Å². The van der Waals surface area contributed by atoms with Crippen LogP contribution >= 0.6 is 23.2 Å². The number of hydrogen-bond donors (Lipinski definition) is 2. The van der Waals surface area contributed by atoms with Crippen molar-refractivity contribution in [2.75, 3.05) is 20.3 Å². The number of ether oxygens (including phenoxy) is 2. The third kappa shape index (κ3) is 5.01. The number of aliphatic hydroxyl groups is 1. The molecule has 0 spiro atoms. The lowest BCUT2D eigenvalue weighted by Gasteiger charge is -2.21. The molecule has 0 saturated heterocycles. The molecule has 118 valence electrons. The Morgan fingerprint density at radius 3 is 2.95 bits per heavy atom. The maximum atomic E-state index is 9.99. The Balaban J connectivity index is 1.74. The summed E-state index contributed by atoms with van der Waals surface area (Å²) in [5.74, 6) is 0.485. The highest BCUT2D eigenvalue weighted by Crippen LogP contribution is 2.27. The van der Waals surface area contributed by atoms with E-state index in [0.717, 1.165) is 19.3 Å². The molecule has 3 unspecified atom stereocenters. The lowest BCUT2D eigenvalue weighted by molar-refractivity contribution is 0.0687. The summed E-state index contributed by atoms with van der Waals surface area (Å²) >= 11 is 11.9. The van der Waals surface area contributed by atoms with Crippen LogP contribution in [0.3, 0.4) is 0 Å². The van der Waals surface area contributed by atoms with Crippen molar-refractivity contribution in [2.24, 2.45) is 0 Å². The zero-order valence-corrected chi connectivity index (χ0v) is 13.5. The van der Waals surface area contributed by atoms with Gasteiger partial charge in [0.2, 0.25) is 0 Å². The molecule has 0 amide bonds. The third-order valence-electron chi connectivity index (χ3n) is 3.70. The summed E-state index contributed by atoms with van der Waals surface area (Å²) in [4.78, 5) is 0. The Kier molecular flexibility index (Phi) is 6.58. The number of halogens is 2. The smallest absolute Gasteiger partial charge is 0.139 e. The molecule has 1 fully saturated rings. The van der Waals surface area contributed by atoms with E-state index in [2.05, 4.69) is 5.32 Å². The Labute approximate surface area is 135 Å². The van der Waals surface area contributed by atoms with Crippen LogP contribution in [0.25, 0.3) is 0 Å². The predicted molar refractivity (Wildman–Crippen MR) is 84.4 cm³/mol. The third-order valence-corrected chi connectivity index (χ3v) is 4.24. The monoisotopic (exact) mass is 333 g/mol. The molecule has 0 radical (unpaired) electrons. The van der Waals surface area contributed by atoms with Crippen molar-refractivity contribution in [3.8, 4) is 5.75 Å². The van der Waals surface area contributed by atoms with E-state index in [0.29, 0.717) is 28.4 Å². The highest BCUT2D eigenvalue weighted by Gasteiger charge is 2.27. The molecule has 1 saturated carbocycles. The normalized spacial score (nSPS) is 23.2. The molecule has 1 aromatic rings. The van der Waals surface area contributed by atoms with E-state index in [9.17, 15) is 5.11 Å². The molecule has 1 aliphatic rings. The highest BCUT2D eigenvalue weighted by molar-refractivity contribution is 6.34. The van der Waals surface area contributed by atoms with Crippen LogP contribution in [0.5, 0.6) is 5.75 Å². The van der Waals surface area contributed by atoms with E-state index < -0.39 is 6.10 Å². The molecular weight excluding hydrogens is 313 g/mol. The van der Waals surface area contributed by atoms with Crippen molar-refractivity contribution in [2.45, 2.75) is 37.5 Å². The zero-order chi connectivity index (χ0) is 15.2. The molecular formula is C15H21Cl2NO3. The predicted octanol–water partition coefficient (Wildman–Crippen LogP) is 2.89. The van der Waals surface area contributed by atoms with Gasteiger partial charge in [-0.2, -0.15) is 0 Å². The molecule has 2 rings (SSSR count). The Hall–Kier alpha value is -0.520. The van der Waals surface area contributed by atoms with Gasteiger partial charge in [-0.25, -0.2) is 0 Å². The summed E-state index contributed by atoms with van der Waals surface area (Å²) < 4.78 is 10.9. The van der Waals surface area contributed by atoms with Crippen molar-refractivity contribution in [1.82, 2.24) is 5.32 Å². The van der Waals surface area contributed by atoms with Gasteiger partial charge in [0.05, 0.1) is 11.1 Å². The van der Waals surface area contributed by atoms with Gasteiger partial charge >= 0.3 is 0 Å². The lowest BCUT2D eigenvalue weighted by atomic mass is 10.2. The van der Waals surface area contributed by atoms with Crippen molar-refractivity contribution in [3.63, 3.8) is 0 Å². The fourth-order valence-electron chi connectivity index (χ4n) is 2.56. The van der Waals surface area contributed by atoms with Crippen LogP contribution in [0.1, 0.15) is 19.3 Å².